The van der Waals surface area contributed by atoms with E-state index in [1.165, 1.54) is 19.3 Å². The minimum atomic E-state index is 0. The maximum atomic E-state index is 12.0. The first kappa shape index (κ1) is 16.7. The molecule has 0 spiro atoms. The van der Waals surface area contributed by atoms with Crippen LogP contribution in [0.15, 0.2) is 0 Å². The molecule has 4 heteroatoms. The number of halogens is 1. The summed E-state index contributed by atoms with van der Waals surface area (Å²) in [5.74, 6) is 0.496. The van der Waals surface area contributed by atoms with Crippen LogP contribution in [0.2, 0.25) is 0 Å². The molecular weight excluding hydrogens is 236 g/mol. The van der Waals surface area contributed by atoms with Crippen LogP contribution in [0.5, 0.6) is 0 Å². The van der Waals surface area contributed by atoms with E-state index in [1.807, 2.05) is 0 Å². The van der Waals surface area contributed by atoms with Crippen LogP contribution >= 0.6 is 12.4 Å². The number of hydrogen-bond acceptors (Lipinski definition) is 2. The molecule has 0 heterocycles. The molecule has 1 unspecified atom stereocenters. The molecule has 17 heavy (non-hydrogen) atoms. The average molecular weight is 263 g/mol. The number of amides is 1. The van der Waals surface area contributed by atoms with Crippen molar-refractivity contribution in [1.82, 2.24) is 5.32 Å². The van der Waals surface area contributed by atoms with Gasteiger partial charge in [-0.1, -0.05) is 39.0 Å². The van der Waals surface area contributed by atoms with Gasteiger partial charge in [0, 0.05) is 18.5 Å². The number of nitrogens with two attached hydrogens (primary N) is 1. The topological polar surface area (TPSA) is 55.1 Å². The van der Waals surface area contributed by atoms with Gasteiger partial charge in [-0.25, -0.2) is 0 Å². The van der Waals surface area contributed by atoms with Crippen molar-refractivity contribution in [2.24, 2.45) is 11.7 Å². The van der Waals surface area contributed by atoms with Crippen molar-refractivity contribution in [2.75, 3.05) is 6.54 Å². The second kappa shape index (κ2) is 9.72. The summed E-state index contributed by atoms with van der Waals surface area (Å²) in [5.41, 5.74) is 5.68. The first-order valence-corrected chi connectivity index (χ1v) is 6.78. The molecule has 0 aromatic carbocycles. The highest BCUT2D eigenvalue weighted by Gasteiger charge is 2.22. The second-order valence-corrected chi connectivity index (χ2v) is 4.92. The standard InChI is InChI=1S/C13H26N2O.ClH/c1-2-3-9-12(10-14)15-13(16)11-7-5-4-6-8-11;/h11-12H,2-10,14H2,1H3,(H,15,16);1H. The van der Waals surface area contributed by atoms with E-state index < -0.39 is 0 Å². The maximum Gasteiger partial charge on any atom is 0.223 e. The third-order valence-corrected chi connectivity index (χ3v) is 3.51. The van der Waals surface area contributed by atoms with Gasteiger partial charge in [0.25, 0.3) is 0 Å². The first-order valence-electron chi connectivity index (χ1n) is 6.78. The zero-order valence-electron chi connectivity index (χ0n) is 10.9. The molecule has 1 aliphatic carbocycles. The monoisotopic (exact) mass is 262 g/mol. The Morgan fingerprint density at radius 2 is 2.00 bits per heavy atom. The second-order valence-electron chi connectivity index (χ2n) is 4.92. The van der Waals surface area contributed by atoms with Gasteiger partial charge in [-0.2, -0.15) is 0 Å². The summed E-state index contributed by atoms with van der Waals surface area (Å²) in [6.45, 7) is 2.73. The lowest BCUT2D eigenvalue weighted by Gasteiger charge is -2.24. The van der Waals surface area contributed by atoms with Gasteiger partial charge in [0.1, 0.15) is 0 Å². The minimum Gasteiger partial charge on any atom is -0.352 e. The number of rotatable bonds is 6. The lowest BCUT2D eigenvalue weighted by Crippen LogP contribution is -2.43. The number of carbonyl (C=O) groups is 1. The number of hydrogen-bond donors (Lipinski definition) is 2. The molecule has 0 saturated heterocycles. The Labute approximate surface area is 111 Å². The van der Waals surface area contributed by atoms with Gasteiger partial charge < -0.3 is 11.1 Å². The summed E-state index contributed by atoms with van der Waals surface area (Å²) >= 11 is 0. The van der Waals surface area contributed by atoms with Crippen LogP contribution in [0, 0.1) is 5.92 Å². The smallest absolute Gasteiger partial charge is 0.223 e. The lowest BCUT2D eigenvalue weighted by molar-refractivity contribution is -0.126. The third kappa shape index (κ3) is 6.27. The SMILES string of the molecule is CCCCC(CN)NC(=O)C1CCCCC1.Cl. The van der Waals surface area contributed by atoms with E-state index in [0.717, 1.165) is 32.1 Å². The van der Waals surface area contributed by atoms with Gasteiger partial charge in [0.2, 0.25) is 5.91 Å². The summed E-state index contributed by atoms with van der Waals surface area (Å²) in [5, 5.41) is 3.11. The predicted octanol–water partition coefficient (Wildman–Crippen LogP) is 2.62. The van der Waals surface area contributed by atoms with Gasteiger partial charge in [0.05, 0.1) is 0 Å². The quantitative estimate of drug-likeness (QED) is 0.773. The first-order chi connectivity index (χ1) is 7.77. The van der Waals surface area contributed by atoms with Crippen LogP contribution in [0.4, 0.5) is 0 Å². The van der Waals surface area contributed by atoms with Gasteiger partial charge >= 0.3 is 0 Å². The van der Waals surface area contributed by atoms with E-state index in [9.17, 15) is 4.79 Å². The summed E-state index contributed by atoms with van der Waals surface area (Å²) in [6.07, 6.45) is 9.17. The molecular formula is C13H27ClN2O. The zero-order chi connectivity index (χ0) is 11.8. The van der Waals surface area contributed by atoms with Crippen molar-refractivity contribution in [1.29, 1.82) is 0 Å². The average Bonchev–Trinajstić information content (AvgIpc) is 2.35. The van der Waals surface area contributed by atoms with Crippen LogP contribution in [0.25, 0.3) is 0 Å². The zero-order valence-corrected chi connectivity index (χ0v) is 11.7. The molecule has 0 aromatic heterocycles. The highest BCUT2D eigenvalue weighted by Crippen LogP contribution is 2.23. The summed E-state index contributed by atoms with van der Waals surface area (Å²) in [7, 11) is 0. The van der Waals surface area contributed by atoms with Gasteiger partial charge in [-0.3, -0.25) is 4.79 Å². The van der Waals surface area contributed by atoms with Crippen LogP contribution in [0.1, 0.15) is 58.3 Å². The van der Waals surface area contributed by atoms with E-state index >= 15 is 0 Å². The molecule has 0 bridgehead atoms. The van der Waals surface area contributed by atoms with Crippen molar-refractivity contribution in [3.63, 3.8) is 0 Å². The highest BCUT2D eigenvalue weighted by molar-refractivity contribution is 5.85. The van der Waals surface area contributed by atoms with E-state index in [2.05, 4.69) is 12.2 Å². The van der Waals surface area contributed by atoms with Gasteiger partial charge in [-0.15, -0.1) is 12.4 Å². The molecule has 0 aliphatic heterocycles. The molecule has 102 valence electrons. The normalized spacial score (nSPS) is 18.2. The number of unbranched alkanes of at least 4 members (excludes halogenated alkanes) is 1. The fourth-order valence-corrected chi connectivity index (χ4v) is 2.38. The van der Waals surface area contributed by atoms with Gasteiger partial charge in [0.15, 0.2) is 0 Å². The maximum absolute atomic E-state index is 12.0. The Hall–Kier alpha value is -0.280. The molecule has 3 N–H and O–H groups in total. The van der Waals surface area contributed by atoms with Crippen molar-refractivity contribution >= 4 is 18.3 Å². The number of nitrogens with one attached hydrogen (secondary N) is 1. The summed E-state index contributed by atoms with van der Waals surface area (Å²) in [4.78, 5) is 12.0. The molecule has 1 saturated carbocycles. The highest BCUT2D eigenvalue weighted by atomic mass is 35.5. The van der Waals surface area contributed by atoms with Crippen LogP contribution in [-0.4, -0.2) is 18.5 Å². The van der Waals surface area contributed by atoms with Crippen molar-refractivity contribution in [3.05, 3.63) is 0 Å². The lowest BCUT2D eigenvalue weighted by atomic mass is 9.88. The van der Waals surface area contributed by atoms with Crippen LogP contribution < -0.4 is 11.1 Å². The summed E-state index contributed by atoms with van der Waals surface area (Å²) < 4.78 is 0. The Bertz CT molecular complexity index is 206. The summed E-state index contributed by atoms with van der Waals surface area (Å²) in [6, 6.07) is 0.189. The molecule has 1 amide bonds. The van der Waals surface area contributed by atoms with E-state index in [0.29, 0.717) is 6.54 Å². The van der Waals surface area contributed by atoms with E-state index in [4.69, 9.17) is 5.73 Å². The Kier molecular flexibility index (Phi) is 9.56. The molecule has 1 aliphatic rings. The van der Waals surface area contributed by atoms with Crippen LogP contribution in [0.3, 0.4) is 0 Å². The van der Waals surface area contributed by atoms with E-state index in [1.54, 1.807) is 0 Å². The Balaban J connectivity index is 0.00000256. The van der Waals surface area contributed by atoms with Crippen LogP contribution in [-0.2, 0) is 4.79 Å². The third-order valence-electron chi connectivity index (χ3n) is 3.51. The number of carbonyl (C=O) groups excluding carboxylic acids is 1. The molecule has 0 radical (unpaired) electrons. The van der Waals surface area contributed by atoms with E-state index in [-0.39, 0.29) is 30.3 Å². The fourth-order valence-electron chi connectivity index (χ4n) is 2.38. The minimum absolute atomic E-state index is 0. The molecule has 0 aromatic rings. The Morgan fingerprint density at radius 1 is 1.35 bits per heavy atom. The molecule has 1 fully saturated rings. The fraction of sp³-hybridized carbons (Fsp3) is 0.923. The van der Waals surface area contributed by atoms with Crippen molar-refractivity contribution in [2.45, 2.75) is 64.3 Å². The molecule has 1 rings (SSSR count). The van der Waals surface area contributed by atoms with Crippen molar-refractivity contribution < 1.29 is 4.79 Å². The predicted molar refractivity (Wildman–Crippen MR) is 74.3 cm³/mol. The Morgan fingerprint density at radius 3 is 2.53 bits per heavy atom. The molecule has 1 atom stereocenters. The molecule has 3 nitrogen and oxygen atoms in total. The van der Waals surface area contributed by atoms with Crippen molar-refractivity contribution in [3.8, 4) is 0 Å². The van der Waals surface area contributed by atoms with Gasteiger partial charge in [-0.05, 0) is 19.3 Å². The largest absolute Gasteiger partial charge is 0.352 e.